The van der Waals surface area contributed by atoms with Crippen molar-refractivity contribution >= 4 is 15.9 Å². The minimum Gasteiger partial charge on any atom is -0.299 e. The first-order valence-electron chi connectivity index (χ1n) is 3.28. The van der Waals surface area contributed by atoms with Crippen LogP contribution in [0.1, 0.15) is 20.8 Å². The van der Waals surface area contributed by atoms with Gasteiger partial charge in [-0.2, -0.15) is 0 Å². The third-order valence-electron chi connectivity index (χ3n) is 1.74. The Morgan fingerprint density at radius 3 is 1.85 bits per heavy atom. The summed E-state index contributed by atoms with van der Waals surface area (Å²) in [5.41, 5.74) is -1.54. The van der Waals surface area contributed by atoms with Crippen LogP contribution >= 0.6 is 15.9 Å². The van der Waals surface area contributed by atoms with Crippen molar-refractivity contribution in [2.45, 2.75) is 30.8 Å². The van der Waals surface area contributed by atoms with Crippen molar-refractivity contribution in [2.24, 2.45) is 0 Å². The van der Waals surface area contributed by atoms with Gasteiger partial charge in [-0.3, -0.25) is 15.0 Å². The summed E-state index contributed by atoms with van der Waals surface area (Å²) >= 11 is 2.77. The van der Waals surface area contributed by atoms with E-state index in [9.17, 15) is 20.2 Å². The molecule has 0 spiro atoms. The van der Waals surface area contributed by atoms with Gasteiger partial charge < -0.3 is 0 Å². The predicted octanol–water partition coefficient (Wildman–Crippen LogP) is 1.36. The summed E-state index contributed by atoms with van der Waals surface area (Å²) in [5, 5.41) is 19.5. The van der Waals surface area contributed by atoms with Gasteiger partial charge in [0.15, 0.2) is 5.60 Å². The molecular formula is C5H9BrN2O5. The number of hydrogen-bond donors (Lipinski definition) is 0. The van der Waals surface area contributed by atoms with E-state index in [0.29, 0.717) is 0 Å². The van der Waals surface area contributed by atoms with Gasteiger partial charge in [0.25, 0.3) is 9.53 Å². The summed E-state index contributed by atoms with van der Waals surface area (Å²) in [5.74, 6) is 0. The van der Waals surface area contributed by atoms with E-state index < -0.39 is 20.1 Å². The Kier molecular flexibility index (Phi) is 3.20. The lowest BCUT2D eigenvalue weighted by atomic mass is 10.0. The monoisotopic (exact) mass is 256 g/mol. The number of halogens is 1. The van der Waals surface area contributed by atoms with Crippen LogP contribution in [0.2, 0.25) is 0 Å². The zero-order valence-electron chi connectivity index (χ0n) is 7.31. The van der Waals surface area contributed by atoms with Gasteiger partial charge in [0, 0.05) is 27.8 Å². The van der Waals surface area contributed by atoms with Crippen molar-refractivity contribution in [3.63, 3.8) is 0 Å². The summed E-state index contributed by atoms with van der Waals surface area (Å²) in [6.45, 7) is 3.71. The molecule has 0 saturated carbocycles. The molecular weight excluding hydrogens is 248 g/mol. The van der Waals surface area contributed by atoms with Gasteiger partial charge in [0.2, 0.25) is 0 Å². The van der Waals surface area contributed by atoms with E-state index >= 15 is 0 Å². The molecule has 13 heavy (non-hydrogen) atoms. The minimum atomic E-state index is -1.70. The van der Waals surface area contributed by atoms with Crippen molar-refractivity contribution in [3.8, 4) is 0 Å². The Labute approximate surface area is 82.4 Å². The quantitative estimate of drug-likeness (QED) is 0.328. The molecule has 8 heteroatoms. The SMILES string of the molecule is CC(C)(O[N+](=O)[O-])C(C)(Br)[N+](=O)[O-]. The van der Waals surface area contributed by atoms with Crippen LogP contribution in [0, 0.1) is 20.2 Å². The lowest BCUT2D eigenvalue weighted by Gasteiger charge is -2.29. The van der Waals surface area contributed by atoms with E-state index in [0.717, 1.165) is 0 Å². The molecule has 0 fully saturated rings. The number of nitrogens with zero attached hydrogens (tertiary/aromatic N) is 2. The zero-order chi connectivity index (χ0) is 10.9. The molecule has 0 aromatic heterocycles. The maximum atomic E-state index is 10.5. The molecule has 0 rings (SSSR count). The Morgan fingerprint density at radius 2 is 1.62 bits per heavy atom. The maximum absolute atomic E-state index is 10.5. The molecule has 0 radical (unpaired) electrons. The Bertz CT molecular complexity index is 239. The van der Waals surface area contributed by atoms with E-state index in [1.54, 1.807) is 0 Å². The lowest BCUT2D eigenvalue weighted by Crippen LogP contribution is -2.51. The fourth-order valence-corrected chi connectivity index (χ4v) is 0.562. The number of nitro groups is 1. The molecule has 0 saturated heterocycles. The molecule has 0 heterocycles. The van der Waals surface area contributed by atoms with E-state index in [1.807, 2.05) is 0 Å². The van der Waals surface area contributed by atoms with Crippen molar-refractivity contribution in [2.75, 3.05) is 0 Å². The van der Waals surface area contributed by atoms with Crippen LogP contribution < -0.4 is 0 Å². The first-order valence-corrected chi connectivity index (χ1v) is 4.07. The van der Waals surface area contributed by atoms with Gasteiger partial charge in [-0.1, -0.05) is 0 Å². The van der Waals surface area contributed by atoms with E-state index in [4.69, 9.17) is 0 Å². The van der Waals surface area contributed by atoms with Crippen LogP contribution in [0.5, 0.6) is 0 Å². The molecule has 0 aromatic rings. The summed E-state index contributed by atoms with van der Waals surface area (Å²) in [6, 6.07) is 0. The third-order valence-corrected chi connectivity index (χ3v) is 2.99. The molecule has 1 atom stereocenters. The number of hydrogen-bond acceptors (Lipinski definition) is 5. The van der Waals surface area contributed by atoms with Crippen molar-refractivity contribution in [1.29, 1.82) is 0 Å². The lowest BCUT2D eigenvalue weighted by molar-refractivity contribution is -0.791. The molecule has 0 aliphatic rings. The van der Waals surface area contributed by atoms with Crippen LogP contribution in [0.15, 0.2) is 0 Å². The van der Waals surface area contributed by atoms with Crippen LogP contribution in [-0.4, -0.2) is 20.1 Å². The minimum absolute atomic E-state index is 0.684. The van der Waals surface area contributed by atoms with Crippen molar-refractivity contribution in [1.82, 2.24) is 0 Å². The maximum Gasteiger partial charge on any atom is 0.300 e. The normalized spacial score (nSPS) is 16.0. The first-order chi connectivity index (χ1) is 5.61. The summed E-state index contributed by atoms with van der Waals surface area (Å²) in [6.07, 6.45) is 0. The van der Waals surface area contributed by atoms with Gasteiger partial charge >= 0.3 is 0 Å². The van der Waals surface area contributed by atoms with E-state index in [-0.39, 0.29) is 0 Å². The largest absolute Gasteiger partial charge is 0.300 e. The molecule has 76 valence electrons. The van der Waals surface area contributed by atoms with Crippen molar-refractivity contribution in [3.05, 3.63) is 20.2 Å². The predicted molar refractivity (Wildman–Crippen MR) is 46.5 cm³/mol. The highest BCUT2D eigenvalue weighted by molar-refractivity contribution is 9.10. The smallest absolute Gasteiger partial charge is 0.299 e. The molecule has 0 bridgehead atoms. The fourth-order valence-electron chi connectivity index (χ4n) is 0.489. The van der Waals surface area contributed by atoms with Crippen LogP contribution in [0.3, 0.4) is 0 Å². The fraction of sp³-hybridized carbons (Fsp3) is 1.00. The standard InChI is InChI=1S/C5H9BrN2O5/c1-4(2,13-8(11)12)5(3,6)7(9)10/h1-3H3. The number of alkyl halides is 1. The highest BCUT2D eigenvalue weighted by Crippen LogP contribution is 2.34. The second-order valence-corrected chi connectivity index (χ2v) is 4.58. The molecule has 7 nitrogen and oxygen atoms in total. The number of rotatable bonds is 4. The van der Waals surface area contributed by atoms with Crippen LogP contribution in [0.25, 0.3) is 0 Å². The highest BCUT2D eigenvalue weighted by atomic mass is 79.9. The molecule has 1 unspecified atom stereocenters. The first kappa shape index (κ1) is 12.1. The zero-order valence-corrected chi connectivity index (χ0v) is 8.90. The van der Waals surface area contributed by atoms with Crippen molar-refractivity contribution < 1.29 is 14.8 Å². The average molecular weight is 257 g/mol. The van der Waals surface area contributed by atoms with Gasteiger partial charge in [0.1, 0.15) is 0 Å². The third kappa shape index (κ3) is 2.51. The highest BCUT2D eigenvalue weighted by Gasteiger charge is 2.53. The van der Waals surface area contributed by atoms with Gasteiger partial charge in [-0.05, 0) is 13.8 Å². The van der Waals surface area contributed by atoms with Gasteiger partial charge in [-0.25, -0.2) is 0 Å². The summed E-state index contributed by atoms with van der Waals surface area (Å²) in [7, 11) is 0. The molecule has 0 aliphatic heterocycles. The summed E-state index contributed by atoms with van der Waals surface area (Å²) < 4.78 is -1.70. The Hall–Kier alpha value is -0.920. The molecule has 0 N–H and O–H groups in total. The van der Waals surface area contributed by atoms with E-state index in [1.165, 1.54) is 20.8 Å². The average Bonchev–Trinajstić information content (AvgIpc) is 1.83. The Balaban J connectivity index is 4.80. The van der Waals surface area contributed by atoms with Crippen LogP contribution in [-0.2, 0) is 4.84 Å². The topological polar surface area (TPSA) is 95.5 Å². The van der Waals surface area contributed by atoms with Gasteiger partial charge in [0.05, 0.1) is 0 Å². The second kappa shape index (κ2) is 3.44. The Morgan fingerprint density at radius 1 is 1.23 bits per heavy atom. The molecule has 0 amide bonds. The van der Waals surface area contributed by atoms with Crippen LogP contribution in [0.4, 0.5) is 0 Å². The molecule has 0 aliphatic carbocycles. The van der Waals surface area contributed by atoms with E-state index in [2.05, 4.69) is 20.8 Å². The molecule has 0 aromatic carbocycles. The van der Waals surface area contributed by atoms with Gasteiger partial charge in [-0.15, -0.1) is 10.1 Å². The second-order valence-electron chi connectivity index (χ2n) is 3.04. The summed E-state index contributed by atoms with van der Waals surface area (Å²) in [4.78, 5) is 24.0.